The molecular weight excluding hydrogens is 416 g/mol. The molecule has 0 aliphatic carbocycles. The summed E-state index contributed by atoms with van der Waals surface area (Å²) in [4.78, 5) is 18.8. The fourth-order valence-electron chi connectivity index (χ4n) is 3.49. The molecule has 0 N–H and O–H groups in total. The monoisotopic (exact) mass is 434 g/mol. The maximum absolute atomic E-state index is 12.6. The third-order valence-corrected chi connectivity index (χ3v) is 8.33. The van der Waals surface area contributed by atoms with Crippen LogP contribution in [0.15, 0.2) is 53.5 Å². The maximum atomic E-state index is 12.6. The minimum atomic E-state index is -3.09. The third kappa shape index (κ3) is 4.11. The number of hydrogen-bond acceptors (Lipinski definition) is 4. The zero-order valence-corrected chi connectivity index (χ0v) is 17.6. The molecule has 2 saturated heterocycles. The van der Waals surface area contributed by atoms with Crippen LogP contribution in [0.3, 0.4) is 0 Å². The molecule has 2 aromatic carbocycles. The van der Waals surface area contributed by atoms with Gasteiger partial charge in [0.05, 0.1) is 24.0 Å². The highest BCUT2D eigenvalue weighted by atomic mass is 35.5. The molecule has 2 aliphatic rings. The summed E-state index contributed by atoms with van der Waals surface area (Å²) in [5, 5.41) is 1.04. The number of fused-ring (bicyclic) bond motifs is 1. The van der Waals surface area contributed by atoms with Crippen LogP contribution >= 0.6 is 23.4 Å². The van der Waals surface area contributed by atoms with Gasteiger partial charge in [-0.15, -0.1) is 0 Å². The summed E-state index contributed by atoms with van der Waals surface area (Å²) < 4.78 is 24.2. The predicted octanol–water partition coefficient (Wildman–Crippen LogP) is 3.49. The SMILES string of the molecule is Cc1ccc(CC(=O)N=C2SC3CS(=O)(=O)CC3N2c2ccc(Cl)cc2)cc1. The summed E-state index contributed by atoms with van der Waals surface area (Å²) in [6, 6.07) is 14.7. The van der Waals surface area contributed by atoms with Gasteiger partial charge in [-0.05, 0) is 36.8 Å². The molecule has 8 heteroatoms. The molecule has 2 aliphatic heterocycles. The minimum Gasteiger partial charge on any atom is -0.316 e. The molecule has 2 unspecified atom stereocenters. The van der Waals surface area contributed by atoms with Gasteiger partial charge in [-0.2, -0.15) is 4.99 Å². The van der Waals surface area contributed by atoms with Crippen molar-refractivity contribution in [3.63, 3.8) is 0 Å². The third-order valence-electron chi connectivity index (χ3n) is 4.87. The summed E-state index contributed by atoms with van der Waals surface area (Å²) in [6.45, 7) is 2.00. The van der Waals surface area contributed by atoms with Crippen LogP contribution in [0.25, 0.3) is 0 Å². The van der Waals surface area contributed by atoms with E-state index in [0.717, 1.165) is 16.8 Å². The van der Waals surface area contributed by atoms with Crippen LogP contribution in [0.4, 0.5) is 5.69 Å². The van der Waals surface area contributed by atoms with E-state index >= 15 is 0 Å². The number of anilines is 1. The van der Waals surface area contributed by atoms with Crippen molar-refractivity contribution in [2.45, 2.75) is 24.6 Å². The second kappa shape index (κ2) is 7.54. The van der Waals surface area contributed by atoms with Crippen LogP contribution in [0.2, 0.25) is 5.02 Å². The molecule has 2 atom stereocenters. The molecule has 2 aromatic rings. The number of benzene rings is 2. The van der Waals surface area contributed by atoms with Gasteiger partial charge in [-0.1, -0.05) is 53.2 Å². The lowest BCUT2D eigenvalue weighted by atomic mass is 10.1. The van der Waals surface area contributed by atoms with Crippen molar-refractivity contribution in [1.82, 2.24) is 0 Å². The van der Waals surface area contributed by atoms with Gasteiger partial charge in [-0.3, -0.25) is 4.79 Å². The lowest BCUT2D eigenvalue weighted by molar-refractivity contribution is -0.117. The van der Waals surface area contributed by atoms with Crippen LogP contribution in [0.1, 0.15) is 11.1 Å². The number of aliphatic imine (C=N–C) groups is 1. The van der Waals surface area contributed by atoms with E-state index in [1.54, 1.807) is 12.1 Å². The highest BCUT2D eigenvalue weighted by molar-refractivity contribution is 8.16. The van der Waals surface area contributed by atoms with Gasteiger partial charge in [-0.25, -0.2) is 8.42 Å². The number of rotatable bonds is 3. The Kier molecular flexibility index (Phi) is 5.24. The summed E-state index contributed by atoms with van der Waals surface area (Å²) in [6.07, 6.45) is 0.215. The number of amides is 1. The number of carbonyl (C=O) groups excluding carboxylic acids is 1. The van der Waals surface area contributed by atoms with E-state index in [4.69, 9.17) is 11.6 Å². The van der Waals surface area contributed by atoms with Gasteiger partial charge in [0, 0.05) is 16.0 Å². The number of hydrogen-bond donors (Lipinski definition) is 0. The Morgan fingerprint density at radius 1 is 1.14 bits per heavy atom. The van der Waals surface area contributed by atoms with Crippen molar-refractivity contribution in [2.24, 2.45) is 4.99 Å². The molecule has 146 valence electrons. The standard InChI is InChI=1S/C20H19ClN2O3S2/c1-13-2-4-14(5-3-13)10-19(24)22-20-23(16-8-6-15(21)7-9-16)17-11-28(25,26)12-18(17)27-20/h2-9,17-18H,10-12H2,1H3. The number of aryl methyl sites for hydroxylation is 1. The second-order valence-electron chi connectivity index (χ2n) is 7.10. The lowest BCUT2D eigenvalue weighted by Crippen LogP contribution is -2.37. The van der Waals surface area contributed by atoms with E-state index in [1.165, 1.54) is 11.8 Å². The first-order valence-electron chi connectivity index (χ1n) is 8.90. The fraction of sp³-hybridized carbons (Fsp3) is 0.300. The largest absolute Gasteiger partial charge is 0.316 e. The Morgan fingerprint density at radius 3 is 2.50 bits per heavy atom. The first kappa shape index (κ1) is 19.5. The fourth-order valence-corrected chi connectivity index (χ4v) is 7.55. The molecule has 2 heterocycles. The maximum Gasteiger partial charge on any atom is 0.252 e. The predicted molar refractivity (Wildman–Crippen MR) is 115 cm³/mol. The van der Waals surface area contributed by atoms with Crippen LogP contribution in [-0.4, -0.2) is 42.3 Å². The van der Waals surface area contributed by atoms with Crippen molar-refractivity contribution in [1.29, 1.82) is 0 Å². The molecule has 1 amide bonds. The number of thioether (sulfide) groups is 1. The molecule has 0 aromatic heterocycles. The number of halogens is 1. The summed E-state index contributed by atoms with van der Waals surface area (Å²) in [7, 11) is -3.09. The zero-order valence-electron chi connectivity index (χ0n) is 15.2. The van der Waals surface area contributed by atoms with Crippen LogP contribution in [0, 0.1) is 6.92 Å². The molecule has 0 bridgehead atoms. The smallest absolute Gasteiger partial charge is 0.252 e. The van der Waals surface area contributed by atoms with Gasteiger partial charge in [0.2, 0.25) is 0 Å². The van der Waals surface area contributed by atoms with Gasteiger partial charge in [0.15, 0.2) is 15.0 Å². The van der Waals surface area contributed by atoms with Gasteiger partial charge < -0.3 is 4.90 Å². The summed E-state index contributed by atoms with van der Waals surface area (Å²) in [5.41, 5.74) is 2.84. The average molecular weight is 435 g/mol. The topological polar surface area (TPSA) is 66.8 Å². The van der Waals surface area contributed by atoms with E-state index in [9.17, 15) is 13.2 Å². The first-order chi connectivity index (χ1) is 13.3. The Labute approximate surface area is 173 Å². The number of sulfone groups is 1. The quantitative estimate of drug-likeness (QED) is 0.739. The van der Waals surface area contributed by atoms with Crippen molar-refractivity contribution < 1.29 is 13.2 Å². The van der Waals surface area contributed by atoms with Crippen LogP contribution in [-0.2, 0) is 21.1 Å². The second-order valence-corrected chi connectivity index (χ2v) is 10.9. The van der Waals surface area contributed by atoms with Crippen molar-refractivity contribution in [2.75, 3.05) is 16.4 Å². The average Bonchev–Trinajstić information content (AvgIpc) is 3.09. The molecule has 0 saturated carbocycles. The Morgan fingerprint density at radius 2 is 1.82 bits per heavy atom. The van der Waals surface area contributed by atoms with Crippen molar-refractivity contribution in [3.8, 4) is 0 Å². The van der Waals surface area contributed by atoms with E-state index in [2.05, 4.69) is 4.99 Å². The number of carbonyl (C=O) groups is 1. The molecule has 5 nitrogen and oxygen atoms in total. The van der Waals surface area contributed by atoms with E-state index in [0.29, 0.717) is 10.2 Å². The summed E-state index contributed by atoms with van der Waals surface area (Å²) in [5.74, 6) is -0.0658. The Balaban J connectivity index is 1.62. The molecule has 2 fully saturated rings. The Hall–Kier alpha value is -1.83. The van der Waals surface area contributed by atoms with Crippen LogP contribution < -0.4 is 4.90 Å². The molecule has 4 rings (SSSR count). The van der Waals surface area contributed by atoms with E-state index in [-0.39, 0.29) is 35.1 Å². The highest BCUT2D eigenvalue weighted by Crippen LogP contribution is 2.41. The molecule has 0 radical (unpaired) electrons. The molecule has 28 heavy (non-hydrogen) atoms. The van der Waals surface area contributed by atoms with Crippen LogP contribution in [0.5, 0.6) is 0 Å². The highest BCUT2D eigenvalue weighted by Gasteiger charge is 2.49. The zero-order chi connectivity index (χ0) is 19.9. The van der Waals surface area contributed by atoms with E-state index < -0.39 is 9.84 Å². The number of amidine groups is 1. The first-order valence-corrected chi connectivity index (χ1v) is 12.0. The van der Waals surface area contributed by atoms with Gasteiger partial charge in [0.1, 0.15) is 0 Å². The van der Waals surface area contributed by atoms with Gasteiger partial charge >= 0.3 is 0 Å². The number of nitrogens with zero attached hydrogens (tertiary/aromatic N) is 2. The molecular formula is C20H19ClN2O3S2. The Bertz CT molecular complexity index is 1030. The normalized spacial score (nSPS) is 24.5. The molecule has 0 spiro atoms. The summed E-state index contributed by atoms with van der Waals surface area (Å²) >= 11 is 7.37. The van der Waals surface area contributed by atoms with E-state index in [1.807, 2.05) is 48.2 Å². The van der Waals surface area contributed by atoms with Crippen molar-refractivity contribution in [3.05, 3.63) is 64.7 Å². The van der Waals surface area contributed by atoms with Crippen molar-refractivity contribution >= 4 is 50.0 Å². The van der Waals surface area contributed by atoms with Gasteiger partial charge in [0.25, 0.3) is 5.91 Å². The minimum absolute atomic E-state index is 0.0679. The lowest BCUT2D eigenvalue weighted by Gasteiger charge is -2.24.